The summed E-state index contributed by atoms with van der Waals surface area (Å²) in [5.41, 5.74) is 2.81. The minimum Gasteiger partial charge on any atom is -0.495 e. The van der Waals surface area contributed by atoms with Gasteiger partial charge in [-0.2, -0.15) is 5.10 Å². The molecule has 0 saturated carbocycles. The molecule has 0 bridgehead atoms. The van der Waals surface area contributed by atoms with E-state index in [1.807, 2.05) is 31.4 Å². The number of aromatic nitrogens is 3. The highest BCUT2D eigenvalue weighted by Crippen LogP contribution is 2.32. The zero-order chi connectivity index (χ0) is 22.8. The summed E-state index contributed by atoms with van der Waals surface area (Å²) in [6.07, 6.45) is 1.67. The van der Waals surface area contributed by atoms with Crippen LogP contribution >= 0.6 is 11.3 Å². The first kappa shape index (κ1) is 21.5. The monoisotopic (exact) mass is 449 g/mol. The second kappa shape index (κ2) is 8.80. The van der Waals surface area contributed by atoms with Gasteiger partial charge in [-0.3, -0.25) is 9.59 Å². The summed E-state index contributed by atoms with van der Waals surface area (Å²) in [6.45, 7) is 5.46. The number of amides is 2. The van der Waals surface area contributed by atoms with Crippen molar-refractivity contribution in [3.63, 3.8) is 0 Å². The van der Waals surface area contributed by atoms with Gasteiger partial charge in [0.2, 0.25) is 5.91 Å². The molecule has 2 N–H and O–H groups in total. The Morgan fingerprint density at radius 2 is 1.97 bits per heavy atom. The predicted octanol–water partition coefficient (Wildman–Crippen LogP) is 4.96. The van der Waals surface area contributed by atoms with Gasteiger partial charge in [0, 0.05) is 18.7 Å². The zero-order valence-electron chi connectivity index (χ0n) is 18.2. The molecule has 0 radical (unpaired) electrons. The summed E-state index contributed by atoms with van der Waals surface area (Å²) in [5.74, 6) is -0.0455. The van der Waals surface area contributed by atoms with Gasteiger partial charge in [-0.1, -0.05) is 6.07 Å². The van der Waals surface area contributed by atoms with E-state index in [-0.39, 0.29) is 17.9 Å². The highest BCUT2D eigenvalue weighted by atomic mass is 32.1. The molecule has 0 unspecified atom stereocenters. The van der Waals surface area contributed by atoms with Gasteiger partial charge in [-0.25, -0.2) is 9.67 Å². The summed E-state index contributed by atoms with van der Waals surface area (Å²) in [7, 11) is 1.52. The average molecular weight is 450 g/mol. The van der Waals surface area contributed by atoms with Gasteiger partial charge in [-0.05, 0) is 49.6 Å². The normalized spacial score (nSPS) is 11.0. The Balaban J connectivity index is 1.79. The molecule has 0 aliphatic rings. The number of nitrogens with zero attached hydrogens (tertiary/aromatic N) is 3. The minimum atomic E-state index is -0.322. The van der Waals surface area contributed by atoms with Crippen molar-refractivity contribution in [1.29, 1.82) is 0 Å². The number of ether oxygens (including phenoxy) is 1. The summed E-state index contributed by atoms with van der Waals surface area (Å²) in [6, 6.07) is 10.8. The van der Waals surface area contributed by atoms with E-state index >= 15 is 0 Å². The lowest BCUT2D eigenvalue weighted by Crippen LogP contribution is -2.15. The Bertz CT molecular complexity index is 1290. The predicted molar refractivity (Wildman–Crippen MR) is 126 cm³/mol. The van der Waals surface area contributed by atoms with E-state index in [0.29, 0.717) is 39.4 Å². The Morgan fingerprint density at radius 3 is 2.62 bits per heavy atom. The Kier molecular flexibility index (Phi) is 5.91. The summed E-state index contributed by atoms with van der Waals surface area (Å²) in [5, 5.41) is 12.7. The molecule has 0 fully saturated rings. The largest absolute Gasteiger partial charge is 0.495 e. The fourth-order valence-corrected chi connectivity index (χ4v) is 4.10. The Labute approximate surface area is 189 Å². The number of benzene rings is 1. The molecule has 0 atom stereocenters. The number of pyridine rings is 1. The van der Waals surface area contributed by atoms with Crippen molar-refractivity contribution in [2.75, 3.05) is 17.7 Å². The third kappa shape index (κ3) is 4.19. The zero-order valence-corrected chi connectivity index (χ0v) is 19.0. The number of anilines is 2. The number of rotatable bonds is 6. The van der Waals surface area contributed by atoms with E-state index in [0.717, 1.165) is 4.88 Å². The van der Waals surface area contributed by atoms with Crippen LogP contribution in [-0.4, -0.2) is 33.7 Å². The second-order valence-corrected chi connectivity index (χ2v) is 8.45. The molecule has 164 valence electrons. The first-order chi connectivity index (χ1) is 15.4. The highest BCUT2D eigenvalue weighted by molar-refractivity contribution is 7.13. The van der Waals surface area contributed by atoms with Crippen LogP contribution in [0.2, 0.25) is 0 Å². The standard InChI is InChI=1S/C23H23N5O3S/c1-13(2)28-22-17(12-24-28)16(11-19(26-22)21-6-5-9-32-21)23(30)27-18-10-15(25-14(3)29)7-8-20(18)31-4/h5-13H,1-4H3,(H,25,29)(H,27,30). The highest BCUT2D eigenvalue weighted by Gasteiger charge is 2.20. The van der Waals surface area contributed by atoms with Gasteiger partial charge < -0.3 is 15.4 Å². The third-order valence-electron chi connectivity index (χ3n) is 4.84. The number of carbonyl (C=O) groups is 2. The molecule has 0 saturated heterocycles. The van der Waals surface area contributed by atoms with Crippen molar-refractivity contribution < 1.29 is 14.3 Å². The average Bonchev–Trinajstić information content (AvgIpc) is 3.42. The molecule has 1 aromatic carbocycles. The van der Waals surface area contributed by atoms with E-state index in [1.54, 1.807) is 46.5 Å². The van der Waals surface area contributed by atoms with Crippen molar-refractivity contribution in [2.24, 2.45) is 0 Å². The van der Waals surface area contributed by atoms with E-state index in [9.17, 15) is 9.59 Å². The summed E-state index contributed by atoms with van der Waals surface area (Å²) >= 11 is 1.56. The van der Waals surface area contributed by atoms with Crippen LogP contribution < -0.4 is 15.4 Å². The van der Waals surface area contributed by atoms with Gasteiger partial charge in [-0.15, -0.1) is 11.3 Å². The van der Waals surface area contributed by atoms with Crippen molar-refractivity contribution >= 4 is 45.6 Å². The van der Waals surface area contributed by atoms with Crippen LogP contribution in [0.15, 0.2) is 48.0 Å². The molecular formula is C23H23N5O3S. The molecule has 0 spiro atoms. The van der Waals surface area contributed by atoms with Crippen LogP contribution in [0.3, 0.4) is 0 Å². The van der Waals surface area contributed by atoms with E-state index in [4.69, 9.17) is 9.72 Å². The second-order valence-electron chi connectivity index (χ2n) is 7.50. The minimum absolute atomic E-state index is 0.0870. The maximum atomic E-state index is 13.4. The van der Waals surface area contributed by atoms with Crippen LogP contribution in [0.4, 0.5) is 11.4 Å². The van der Waals surface area contributed by atoms with Crippen LogP contribution in [0.5, 0.6) is 5.75 Å². The molecule has 32 heavy (non-hydrogen) atoms. The number of methoxy groups -OCH3 is 1. The molecule has 4 aromatic rings. The molecule has 3 aromatic heterocycles. The van der Waals surface area contributed by atoms with Gasteiger partial charge in [0.1, 0.15) is 5.75 Å². The summed E-state index contributed by atoms with van der Waals surface area (Å²) in [4.78, 5) is 30.6. The molecule has 0 aliphatic heterocycles. The van der Waals surface area contributed by atoms with E-state index in [1.165, 1.54) is 14.0 Å². The SMILES string of the molecule is COc1ccc(NC(C)=O)cc1NC(=O)c1cc(-c2cccs2)nc2c1cnn2C(C)C. The van der Waals surface area contributed by atoms with Gasteiger partial charge in [0.15, 0.2) is 5.65 Å². The van der Waals surface area contributed by atoms with Gasteiger partial charge in [0.25, 0.3) is 5.91 Å². The van der Waals surface area contributed by atoms with Crippen LogP contribution in [0.1, 0.15) is 37.2 Å². The van der Waals surface area contributed by atoms with Gasteiger partial charge >= 0.3 is 0 Å². The lowest BCUT2D eigenvalue weighted by Gasteiger charge is -2.14. The van der Waals surface area contributed by atoms with E-state index in [2.05, 4.69) is 15.7 Å². The summed E-state index contributed by atoms with van der Waals surface area (Å²) < 4.78 is 7.20. The van der Waals surface area contributed by atoms with Crippen molar-refractivity contribution in [3.05, 3.63) is 53.5 Å². The van der Waals surface area contributed by atoms with Crippen molar-refractivity contribution in [3.8, 4) is 16.3 Å². The Hall–Kier alpha value is -3.72. The molecule has 8 nitrogen and oxygen atoms in total. The molecule has 3 heterocycles. The Morgan fingerprint density at radius 1 is 1.16 bits per heavy atom. The molecule has 2 amide bonds. The quantitative estimate of drug-likeness (QED) is 0.434. The number of hydrogen-bond donors (Lipinski definition) is 2. The number of thiophene rings is 1. The number of hydrogen-bond acceptors (Lipinski definition) is 6. The third-order valence-corrected chi connectivity index (χ3v) is 5.73. The first-order valence-corrected chi connectivity index (χ1v) is 10.9. The fourth-order valence-electron chi connectivity index (χ4n) is 3.41. The topological polar surface area (TPSA) is 98.1 Å². The molecule has 9 heteroatoms. The van der Waals surface area contributed by atoms with Gasteiger partial charge in [0.05, 0.1) is 40.5 Å². The molecule has 0 aliphatic carbocycles. The van der Waals surface area contributed by atoms with Crippen molar-refractivity contribution in [1.82, 2.24) is 14.8 Å². The van der Waals surface area contributed by atoms with Crippen LogP contribution in [0.25, 0.3) is 21.6 Å². The van der Waals surface area contributed by atoms with Crippen LogP contribution in [0, 0.1) is 0 Å². The number of nitrogens with one attached hydrogen (secondary N) is 2. The maximum Gasteiger partial charge on any atom is 0.256 e. The smallest absolute Gasteiger partial charge is 0.256 e. The van der Waals surface area contributed by atoms with Crippen molar-refractivity contribution in [2.45, 2.75) is 26.8 Å². The molecule has 4 rings (SSSR count). The lowest BCUT2D eigenvalue weighted by molar-refractivity contribution is -0.114. The molecular weight excluding hydrogens is 426 g/mol. The number of fused-ring (bicyclic) bond motifs is 1. The number of carbonyl (C=O) groups excluding carboxylic acids is 2. The first-order valence-electron chi connectivity index (χ1n) is 10.1. The van der Waals surface area contributed by atoms with Crippen LogP contribution in [-0.2, 0) is 4.79 Å². The lowest BCUT2D eigenvalue weighted by atomic mass is 10.1. The maximum absolute atomic E-state index is 13.4. The van der Waals surface area contributed by atoms with E-state index < -0.39 is 0 Å². The fraction of sp³-hybridized carbons (Fsp3) is 0.217.